The van der Waals surface area contributed by atoms with Crippen LogP contribution in [0.15, 0.2) is 51.6 Å². The van der Waals surface area contributed by atoms with Gasteiger partial charge in [0.25, 0.3) is 5.56 Å². The van der Waals surface area contributed by atoms with Crippen LogP contribution in [-0.2, 0) is 29.6 Å². The molecule has 1 saturated carbocycles. The minimum atomic E-state index is -0.492. The maximum Gasteiger partial charge on any atom is 0.331 e. The number of carbonyl (C=O) groups is 2. The fourth-order valence-electron chi connectivity index (χ4n) is 4.35. The zero-order valence-corrected chi connectivity index (χ0v) is 19.1. The number of ketones is 2. The minimum absolute atomic E-state index is 0.148. The molecule has 0 aliphatic heterocycles. The maximum absolute atomic E-state index is 13.4. The fraction of sp³-hybridized carbons (Fsp3) is 0.280. The molecule has 1 aliphatic carbocycles. The van der Waals surface area contributed by atoms with Gasteiger partial charge in [-0.25, -0.2) is 4.79 Å². The molecule has 0 bridgehead atoms. The molecule has 0 unspecified atom stereocenters. The van der Waals surface area contributed by atoms with Gasteiger partial charge in [0.1, 0.15) is 11.3 Å². The first kappa shape index (κ1) is 22.7. The number of halogens is 1. The molecule has 1 aromatic heterocycles. The Labute approximate surface area is 194 Å². The van der Waals surface area contributed by atoms with Gasteiger partial charge in [-0.3, -0.25) is 23.5 Å². The van der Waals surface area contributed by atoms with Crippen molar-refractivity contribution < 1.29 is 14.7 Å². The summed E-state index contributed by atoms with van der Waals surface area (Å²) < 4.78 is 2.54. The van der Waals surface area contributed by atoms with E-state index in [1.165, 1.54) is 10.6 Å². The van der Waals surface area contributed by atoms with Gasteiger partial charge in [0.05, 0.1) is 10.9 Å². The zero-order valence-electron chi connectivity index (χ0n) is 18.4. The molecule has 7 nitrogen and oxygen atoms in total. The Morgan fingerprint density at radius 3 is 2.42 bits per heavy atom. The molecular formula is C25H23ClN2O5. The molecule has 8 heteroatoms. The molecule has 1 heterocycles. The summed E-state index contributed by atoms with van der Waals surface area (Å²) >= 11 is 6.03. The summed E-state index contributed by atoms with van der Waals surface area (Å²) in [6.07, 6.45) is 1.29. The predicted octanol–water partition coefficient (Wildman–Crippen LogP) is 3.50. The number of aromatic nitrogens is 2. The number of carbonyl (C=O) groups excluding carboxylic acids is 2. The predicted molar refractivity (Wildman–Crippen MR) is 127 cm³/mol. The second-order valence-corrected chi connectivity index (χ2v) is 8.67. The summed E-state index contributed by atoms with van der Waals surface area (Å²) in [5.74, 6) is -1.21. The SMILES string of the molecule is Cc1c(C(O)=C2C(=O)CCCC2=O)ccc2c1c(=O)n(CCc1cccc(Cl)c1)c(=O)n2C. The van der Waals surface area contributed by atoms with Crippen LogP contribution in [0.3, 0.4) is 0 Å². The molecule has 0 spiro atoms. The molecule has 1 aliphatic rings. The van der Waals surface area contributed by atoms with E-state index in [-0.39, 0.29) is 35.9 Å². The number of benzene rings is 2. The monoisotopic (exact) mass is 466 g/mol. The van der Waals surface area contributed by atoms with Gasteiger partial charge in [-0.1, -0.05) is 23.7 Å². The van der Waals surface area contributed by atoms with Crippen LogP contribution in [0.1, 0.15) is 36.0 Å². The van der Waals surface area contributed by atoms with Crippen LogP contribution in [0.2, 0.25) is 5.02 Å². The maximum atomic E-state index is 13.4. The van der Waals surface area contributed by atoms with Crippen molar-refractivity contribution in [3.05, 3.63) is 84.5 Å². The number of aliphatic hydroxyl groups excluding tert-OH is 1. The van der Waals surface area contributed by atoms with Crippen molar-refractivity contribution in [2.75, 3.05) is 0 Å². The molecule has 3 aromatic rings. The second-order valence-electron chi connectivity index (χ2n) is 8.23. The van der Waals surface area contributed by atoms with Crippen LogP contribution >= 0.6 is 11.6 Å². The van der Waals surface area contributed by atoms with E-state index in [1.807, 2.05) is 6.07 Å². The van der Waals surface area contributed by atoms with Crippen molar-refractivity contribution in [1.29, 1.82) is 0 Å². The Kier molecular flexibility index (Phi) is 6.08. The summed E-state index contributed by atoms with van der Waals surface area (Å²) in [6, 6.07) is 10.3. The third-order valence-electron chi connectivity index (χ3n) is 6.15. The lowest BCUT2D eigenvalue weighted by atomic mass is 9.88. The van der Waals surface area contributed by atoms with Crippen molar-refractivity contribution >= 4 is 39.8 Å². The fourth-order valence-corrected chi connectivity index (χ4v) is 4.57. The Balaban J connectivity index is 1.87. The summed E-state index contributed by atoms with van der Waals surface area (Å²) in [6.45, 7) is 1.79. The third kappa shape index (κ3) is 4.04. The van der Waals surface area contributed by atoms with E-state index in [4.69, 9.17) is 11.6 Å². The Morgan fingerprint density at radius 2 is 1.76 bits per heavy atom. The molecule has 0 saturated heterocycles. The van der Waals surface area contributed by atoms with Gasteiger partial charge < -0.3 is 5.11 Å². The van der Waals surface area contributed by atoms with Crippen LogP contribution in [0.25, 0.3) is 16.7 Å². The molecule has 2 aromatic carbocycles. The van der Waals surface area contributed by atoms with E-state index in [9.17, 15) is 24.3 Å². The standard InChI is InChI=1S/C25H23ClN2O5/c1-14-17(23(31)22-19(29)7-4-8-20(22)30)9-10-18-21(14)24(32)28(25(33)27(18)2)12-11-15-5-3-6-16(26)13-15/h3,5-6,9-10,13,31H,4,7-8,11-12H2,1-2H3. The number of Topliss-reactive ketones (excluding diaryl/α,β-unsaturated/α-hetero) is 2. The van der Waals surface area contributed by atoms with E-state index in [0.29, 0.717) is 28.9 Å². The average Bonchev–Trinajstić information content (AvgIpc) is 2.77. The highest BCUT2D eigenvalue weighted by Crippen LogP contribution is 2.29. The van der Waals surface area contributed by atoms with Gasteiger partial charge in [-0.15, -0.1) is 0 Å². The van der Waals surface area contributed by atoms with E-state index in [1.54, 1.807) is 38.2 Å². The lowest BCUT2D eigenvalue weighted by Crippen LogP contribution is -2.40. The highest BCUT2D eigenvalue weighted by Gasteiger charge is 2.28. The lowest BCUT2D eigenvalue weighted by molar-refractivity contribution is -0.123. The zero-order chi connectivity index (χ0) is 23.9. The summed E-state index contributed by atoms with van der Waals surface area (Å²) in [5.41, 5.74) is 0.771. The molecule has 33 heavy (non-hydrogen) atoms. The van der Waals surface area contributed by atoms with E-state index < -0.39 is 28.6 Å². The molecule has 0 radical (unpaired) electrons. The minimum Gasteiger partial charge on any atom is -0.506 e. The quantitative estimate of drug-likeness (QED) is 0.360. The summed E-state index contributed by atoms with van der Waals surface area (Å²) in [7, 11) is 1.58. The number of aliphatic hydroxyl groups is 1. The topological polar surface area (TPSA) is 98.4 Å². The van der Waals surface area contributed by atoms with E-state index >= 15 is 0 Å². The number of nitrogens with zero attached hydrogens (tertiary/aromatic N) is 2. The smallest absolute Gasteiger partial charge is 0.331 e. The summed E-state index contributed by atoms with van der Waals surface area (Å²) in [4.78, 5) is 50.9. The van der Waals surface area contributed by atoms with Crippen LogP contribution < -0.4 is 11.2 Å². The number of hydrogen-bond donors (Lipinski definition) is 1. The van der Waals surface area contributed by atoms with Gasteiger partial charge in [0.2, 0.25) is 0 Å². The van der Waals surface area contributed by atoms with Crippen LogP contribution in [0.4, 0.5) is 0 Å². The van der Waals surface area contributed by atoms with Gasteiger partial charge in [0, 0.05) is 37.0 Å². The Bertz CT molecular complexity index is 1440. The normalized spacial score (nSPS) is 14.2. The molecule has 1 fully saturated rings. The molecule has 0 amide bonds. The molecule has 4 rings (SSSR count). The van der Waals surface area contributed by atoms with Crippen molar-refractivity contribution in [2.24, 2.45) is 7.05 Å². The molecule has 0 atom stereocenters. The van der Waals surface area contributed by atoms with Gasteiger partial charge in [-0.2, -0.15) is 0 Å². The van der Waals surface area contributed by atoms with Gasteiger partial charge in [-0.05, 0) is 55.2 Å². The average molecular weight is 467 g/mol. The number of rotatable bonds is 4. The first-order chi connectivity index (χ1) is 15.7. The summed E-state index contributed by atoms with van der Waals surface area (Å²) in [5, 5.41) is 11.7. The van der Waals surface area contributed by atoms with Gasteiger partial charge >= 0.3 is 5.69 Å². The number of allylic oxidation sites excluding steroid dienone is 1. The highest BCUT2D eigenvalue weighted by molar-refractivity contribution is 6.30. The van der Waals surface area contributed by atoms with Crippen LogP contribution in [0, 0.1) is 6.92 Å². The van der Waals surface area contributed by atoms with Crippen LogP contribution in [-0.4, -0.2) is 25.8 Å². The first-order valence-corrected chi connectivity index (χ1v) is 11.1. The van der Waals surface area contributed by atoms with E-state index in [2.05, 4.69) is 0 Å². The number of fused-ring (bicyclic) bond motifs is 1. The van der Waals surface area contributed by atoms with Crippen molar-refractivity contribution in [1.82, 2.24) is 9.13 Å². The Hall–Kier alpha value is -3.45. The largest absolute Gasteiger partial charge is 0.506 e. The third-order valence-corrected chi connectivity index (χ3v) is 6.39. The Morgan fingerprint density at radius 1 is 1.06 bits per heavy atom. The van der Waals surface area contributed by atoms with Crippen molar-refractivity contribution in [2.45, 2.75) is 39.2 Å². The lowest BCUT2D eigenvalue weighted by Gasteiger charge is -2.17. The molecule has 1 N–H and O–H groups in total. The molecular weight excluding hydrogens is 444 g/mol. The molecule has 170 valence electrons. The number of hydrogen-bond acceptors (Lipinski definition) is 5. The second kappa shape index (κ2) is 8.83. The highest BCUT2D eigenvalue weighted by atomic mass is 35.5. The first-order valence-electron chi connectivity index (χ1n) is 10.7. The number of aryl methyl sites for hydroxylation is 3. The van der Waals surface area contributed by atoms with Crippen molar-refractivity contribution in [3.8, 4) is 0 Å². The van der Waals surface area contributed by atoms with Gasteiger partial charge in [0.15, 0.2) is 11.6 Å². The van der Waals surface area contributed by atoms with Crippen molar-refractivity contribution in [3.63, 3.8) is 0 Å². The van der Waals surface area contributed by atoms with Crippen LogP contribution in [0.5, 0.6) is 0 Å². The van der Waals surface area contributed by atoms with E-state index in [0.717, 1.165) is 10.1 Å².